The Hall–Kier alpha value is -0.940. The lowest BCUT2D eigenvalue weighted by molar-refractivity contribution is -0.116. The SMILES string of the molecule is CCN(C(C)=O)c1nc(CNCC(C)C)cs1. The second-order valence-electron chi connectivity index (χ2n) is 4.41. The summed E-state index contributed by atoms with van der Waals surface area (Å²) in [5.41, 5.74) is 1.00. The van der Waals surface area contributed by atoms with Crippen molar-refractivity contribution in [3.63, 3.8) is 0 Å². The number of hydrogen-bond donors (Lipinski definition) is 1. The maximum Gasteiger partial charge on any atom is 0.225 e. The highest BCUT2D eigenvalue weighted by Crippen LogP contribution is 2.20. The van der Waals surface area contributed by atoms with Crippen LogP contribution in [0.5, 0.6) is 0 Å². The minimum absolute atomic E-state index is 0.0449. The van der Waals surface area contributed by atoms with E-state index in [-0.39, 0.29) is 5.91 Å². The van der Waals surface area contributed by atoms with Gasteiger partial charge in [-0.1, -0.05) is 13.8 Å². The van der Waals surface area contributed by atoms with Crippen LogP contribution < -0.4 is 10.2 Å². The van der Waals surface area contributed by atoms with Crippen molar-refractivity contribution in [3.8, 4) is 0 Å². The van der Waals surface area contributed by atoms with Crippen LogP contribution in [0.1, 0.15) is 33.4 Å². The van der Waals surface area contributed by atoms with E-state index in [9.17, 15) is 4.79 Å². The van der Waals surface area contributed by atoms with Gasteiger partial charge in [0, 0.05) is 25.4 Å². The molecule has 1 rings (SSSR count). The average molecular weight is 255 g/mol. The Morgan fingerprint density at radius 2 is 2.29 bits per heavy atom. The van der Waals surface area contributed by atoms with Crippen molar-refractivity contribution in [2.75, 3.05) is 18.0 Å². The van der Waals surface area contributed by atoms with Crippen LogP contribution >= 0.6 is 11.3 Å². The molecule has 1 heterocycles. The predicted octanol–water partition coefficient (Wildman–Crippen LogP) is 2.26. The number of anilines is 1. The van der Waals surface area contributed by atoms with Gasteiger partial charge in [0.1, 0.15) is 0 Å². The van der Waals surface area contributed by atoms with E-state index in [2.05, 4.69) is 24.1 Å². The van der Waals surface area contributed by atoms with Crippen molar-refractivity contribution in [1.29, 1.82) is 0 Å². The predicted molar refractivity (Wildman–Crippen MR) is 72.4 cm³/mol. The lowest BCUT2D eigenvalue weighted by Gasteiger charge is -2.14. The van der Waals surface area contributed by atoms with E-state index in [0.717, 1.165) is 23.9 Å². The van der Waals surface area contributed by atoms with Crippen LogP contribution in [-0.4, -0.2) is 24.0 Å². The van der Waals surface area contributed by atoms with Crippen molar-refractivity contribution in [2.24, 2.45) is 5.92 Å². The zero-order valence-electron chi connectivity index (χ0n) is 11.0. The van der Waals surface area contributed by atoms with Crippen molar-refractivity contribution in [3.05, 3.63) is 11.1 Å². The zero-order chi connectivity index (χ0) is 12.8. The second kappa shape index (κ2) is 6.71. The molecule has 0 aliphatic heterocycles. The minimum Gasteiger partial charge on any atom is -0.311 e. The summed E-state index contributed by atoms with van der Waals surface area (Å²) in [4.78, 5) is 17.5. The zero-order valence-corrected chi connectivity index (χ0v) is 11.8. The topological polar surface area (TPSA) is 45.2 Å². The van der Waals surface area contributed by atoms with E-state index in [0.29, 0.717) is 12.5 Å². The lowest BCUT2D eigenvalue weighted by atomic mass is 10.2. The van der Waals surface area contributed by atoms with E-state index in [1.807, 2.05) is 12.3 Å². The third-order valence-electron chi connectivity index (χ3n) is 2.33. The standard InChI is InChI=1S/C12H21N3OS/c1-5-15(10(4)16)12-14-11(8-17-12)7-13-6-9(2)3/h8-9,13H,5-7H2,1-4H3. The van der Waals surface area contributed by atoms with Gasteiger partial charge in [-0.25, -0.2) is 4.98 Å². The first-order valence-electron chi connectivity index (χ1n) is 5.97. The Balaban J connectivity index is 2.55. The molecule has 1 amide bonds. The number of carbonyl (C=O) groups excluding carboxylic acids is 1. The summed E-state index contributed by atoms with van der Waals surface area (Å²) < 4.78 is 0. The number of nitrogens with one attached hydrogen (secondary N) is 1. The molecular formula is C12H21N3OS. The van der Waals surface area contributed by atoms with Crippen LogP contribution in [0.15, 0.2) is 5.38 Å². The molecule has 0 saturated heterocycles. The van der Waals surface area contributed by atoms with E-state index in [1.165, 1.54) is 11.3 Å². The van der Waals surface area contributed by atoms with Crippen molar-refractivity contribution in [2.45, 2.75) is 34.2 Å². The van der Waals surface area contributed by atoms with Crippen LogP contribution in [0.3, 0.4) is 0 Å². The fourth-order valence-corrected chi connectivity index (χ4v) is 2.42. The number of thiazole rings is 1. The van der Waals surface area contributed by atoms with Crippen LogP contribution in [0.2, 0.25) is 0 Å². The molecule has 1 N–H and O–H groups in total. The summed E-state index contributed by atoms with van der Waals surface area (Å²) in [7, 11) is 0. The first-order chi connectivity index (χ1) is 8.04. The fraction of sp³-hybridized carbons (Fsp3) is 0.667. The maximum absolute atomic E-state index is 11.4. The number of hydrogen-bond acceptors (Lipinski definition) is 4. The molecule has 4 nitrogen and oxygen atoms in total. The van der Waals surface area contributed by atoms with Gasteiger partial charge in [-0.15, -0.1) is 11.3 Å². The number of aromatic nitrogens is 1. The monoisotopic (exact) mass is 255 g/mol. The third kappa shape index (κ3) is 4.44. The minimum atomic E-state index is 0.0449. The van der Waals surface area contributed by atoms with Crippen molar-refractivity contribution >= 4 is 22.4 Å². The highest BCUT2D eigenvalue weighted by molar-refractivity contribution is 7.14. The van der Waals surface area contributed by atoms with Gasteiger partial charge in [-0.3, -0.25) is 9.69 Å². The lowest BCUT2D eigenvalue weighted by Crippen LogP contribution is -2.27. The Morgan fingerprint density at radius 1 is 1.59 bits per heavy atom. The molecule has 0 fully saturated rings. The second-order valence-corrected chi connectivity index (χ2v) is 5.25. The summed E-state index contributed by atoms with van der Waals surface area (Å²) in [6.07, 6.45) is 0. The summed E-state index contributed by atoms with van der Waals surface area (Å²) >= 11 is 1.52. The normalized spacial score (nSPS) is 10.9. The Morgan fingerprint density at radius 3 is 2.82 bits per heavy atom. The van der Waals surface area contributed by atoms with Gasteiger partial charge in [-0.05, 0) is 19.4 Å². The molecule has 0 spiro atoms. The molecule has 0 bridgehead atoms. The van der Waals surface area contributed by atoms with Crippen LogP contribution in [0.4, 0.5) is 5.13 Å². The number of rotatable bonds is 6. The first-order valence-corrected chi connectivity index (χ1v) is 6.85. The van der Waals surface area contributed by atoms with Crippen LogP contribution in [-0.2, 0) is 11.3 Å². The van der Waals surface area contributed by atoms with E-state index < -0.39 is 0 Å². The van der Waals surface area contributed by atoms with Crippen molar-refractivity contribution < 1.29 is 4.79 Å². The summed E-state index contributed by atoms with van der Waals surface area (Å²) in [5.74, 6) is 0.681. The largest absolute Gasteiger partial charge is 0.311 e. The van der Waals surface area contributed by atoms with Gasteiger partial charge < -0.3 is 5.32 Å². The molecule has 0 aromatic carbocycles. The highest BCUT2D eigenvalue weighted by Gasteiger charge is 2.12. The smallest absolute Gasteiger partial charge is 0.225 e. The molecule has 0 unspecified atom stereocenters. The average Bonchev–Trinajstić information content (AvgIpc) is 2.66. The molecule has 1 aromatic rings. The van der Waals surface area contributed by atoms with E-state index >= 15 is 0 Å². The maximum atomic E-state index is 11.4. The van der Waals surface area contributed by atoms with Gasteiger partial charge in [0.25, 0.3) is 0 Å². The Labute approximate surface area is 107 Å². The molecule has 96 valence electrons. The molecule has 0 saturated carbocycles. The van der Waals surface area contributed by atoms with Gasteiger partial charge in [0.05, 0.1) is 5.69 Å². The Bertz CT molecular complexity index is 362. The molecular weight excluding hydrogens is 234 g/mol. The van der Waals surface area contributed by atoms with Gasteiger partial charge in [0.2, 0.25) is 5.91 Å². The quantitative estimate of drug-likeness (QED) is 0.848. The molecule has 5 heteroatoms. The Kier molecular flexibility index (Phi) is 5.58. The molecule has 0 radical (unpaired) electrons. The molecule has 17 heavy (non-hydrogen) atoms. The fourth-order valence-electron chi connectivity index (χ4n) is 1.48. The van der Waals surface area contributed by atoms with Crippen molar-refractivity contribution in [1.82, 2.24) is 10.3 Å². The molecule has 0 aliphatic carbocycles. The number of nitrogens with zero attached hydrogens (tertiary/aromatic N) is 2. The molecule has 0 aliphatic rings. The summed E-state index contributed by atoms with van der Waals surface area (Å²) in [6.45, 7) is 10.3. The summed E-state index contributed by atoms with van der Waals surface area (Å²) in [5, 5.41) is 6.14. The third-order valence-corrected chi connectivity index (χ3v) is 3.24. The van der Waals surface area contributed by atoms with Crippen LogP contribution in [0.25, 0.3) is 0 Å². The van der Waals surface area contributed by atoms with E-state index in [4.69, 9.17) is 0 Å². The van der Waals surface area contributed by atoms with Gasteiger partial charge in [-0.2, -0.15) is 0 Å². The van der Waals surface area contributed by atoms with Crippen LogP contribution in [0, 0.1) is 5.92 Å². The van der Waals surface area contributed by atoms with Gasteiger partial charge >= 0.3 is 0 Å². The highest BCUT2D eigenvalue weighted by atomic mass is 32.1. The van der Waals surface area contributed by atoms with Gasteiger partial charge in [0.15, 0.2) is 5.13 Å². The van der Waals surface area contributed by atoms with E-state index in [1.54, 1.807) is 11.8 Å². The molecule has 0 atom stereocenters. The number of carbonyl (C=O) groups is 1. The molecule has 1 aromatic heterocycles. The summed E-state index contributed by atoms with van der Waals surface area (Å²) in [6, 6.07) is 0. The number of amides is 1. The first kappa shape index (κ1) is 14.1.